The molecule has 3 rings (SSSR count). The number of hydrogen-bond donors (Lipinski definition) is 0. The Kier molecular flexibility index (Phi) is 3.36. The first-order chi connectivity index (χ1) is 9.91. The van der Waals surface area contributed by atoms with Gasteiger partial charge >= 0.3 is 0 Å². The second-order valence-electron chi connectivity index (χ2n) is 5.54. The molecule has 21 heavy (non-hydrogen) atoms. The fourth-order valence-corrected chi connectivity index (χ4v) is 4.48. The zero-order valence-corrected chi connectivity index (χ0v) is 12.6. The van der Waals surface area contributed by atoms with Crippen LogP contribution in [0.3, 0.4) is 0 Å². The van der Waals surface area contributed by atoms with E-state index in [0.29, 0.717) is 5.56 Å². The van der Waals surface area contributed by atoms with Crippen molar-refractivity contribution in [3.8, 4) is 0 Å². The summed E-state index contributed by atoms with van der Waals surface area (Å²) < 4.78 is 14.3. The lowest BCUT2D eigenvalue weighted by molar-refractivity contribution is -0.385. The number of nitro benzene ring substituents is 1. The Morgan fingerprint density at radius 3 is 3.00 bits per heavy atom. The molecule has 0 aromatic heterocycles. The number of aliphatic imine (C=N–C) groups is 1. The SMILES string of the molecule is CC1=NC(C)(c2cc([N+](=O)[O-])ccc2F)C2CCC=C2S1. The van der Waals surface area contributed by atoms with Gasteiger partial charge in [-0.15, -0.1) is 0 Å². The summed E-state index contributed by atoms with van der Waals surface area (Å²) in [6, 6.07) is 3.70. The third-order valence-corrected chi connectivity index (χ3v) is 5.26. The fraction of sp³-hybridized carbons (Fsp3) is 0.400. The molecule has 0 bridgehead atoms. The van der Waals surface area contributed by atoms with Gasteiger partial charge in [0.1, 0.15) is 5.82 Å². The highest BCUT2D eigenvalue weighted by Gasteiger charge is 2.44. The summed E-state index contributed by atoms with van der Waals surface area (Å²) in [5.74, 6) is -0.333. The lowest BCUT2D eigenvalue weighted by Crippen LogP contribution is -2.34. The van der Waals surface area contributed by atoms with Crippen LogP contribution in [0.1, 0.15) is 32.3 Å². The molecular weight excluding hydrogens is 291 g/mol. The third kappa shape index (κ3) is 2.27. The second kappa shape index (κ2) is 4.94. The number of non-ortho nitro benzene ring substituents is 1. The van der Waals surface area contributed by atoms with E-state index in [1.807, 2.05) is 13.8 Å². The molecule has 2 unspecified atom stereocenters. The van der Waals surface area contributed by atoms with Crippen LogP contribution in [-0.4, -0.2) is 9.97 Å². The highest BCUT2D eigenvalue weighted by Crippen LogP contribution is 2.52. The van der Waals surface area contributed by atoms with Crippen molar-refractivity contribution in [1.82, 2.24) is 0 Å². The third-order valence-electron chi connectivity index (χ3n) is 4.18. The Bertz CT molecular complexity index is 686. The van der Waals surface area contributed by atoms with E-state index < -0.39 is 16.3 Å². The molecule has 0 spiro atoms. The molecule has 0 N–H and O–H groups in total. The van der Waals surface area contributed by atoms with Gasteiger partial charge in [0, 0.05) is 23.6 Å². The van der Waals surface area contributed by atoms with E-state index >= 15 is 0 Å². The van der Waals surface area contributed by atoms with E-state index in [9.17, 15) is 14.5 Å². The number of fused-ring (bicyclic) bond motifs is 1. The van der Waals surface area contributed by atoms with Gasteiger partial charge in [0.15, 0.2) is 0 Å². The van der Waals surface area contributed by atoms with Crippen molar-refractivity contribution >= 4 is 22.5 Å². The number of nitro groups is 1. The van der Waals surface area contributed by atoms with Crippen LogP contribution in [0, 0.1) is 21.8 Å². The topological polar surface area (TPSA) is 55.5 Å². The summed E-state index contributed by atoms with van der Waals surface area (Å²) in [5, 5.41) is 11.8. The first kappa shape index (κ1) is 14.3. The van der Waals surface area contributed by atoms with E-state index in [1.54, 1.807) is 11.8 Å². The van der Waals surface area contributed by atoms with Crippen molar-refractivity contribution in [3.63, 3.8) is 0 Å². The number of halogens is 1. The molecule has 110 valence electrons. The lowest BCUT2D eigenvalue weighted by Gasteiger charge is -2.38. The van der Waals surface area contributed by atoms with Gasteiger partial charge in [-0.1, -0.05) is 17.8 Å². The van der Waals surface area contributed by atoms with Crippen LogP contribution in [0.15, 0.2) is 34.2 Å². The monoisotopic (exact) mass is 306 g/mol. The Morgan fingerprint density at radius 2 is 2.29 bits per heavy atom. The molecule has 1 aromatic rings. The Labute approximate surface area is 126 Å². The van der Waals surface area contributed by atoms with Crippen LogP contribution in [0.5, 0.6) is 0 Å². The first-order valence-corrected chi connectivity index (χ1v) is 7.62. The molecule has 0 radical (unpaired) electrons. The van der Waals surface area contributed by atoms with Crippen LogP contribution in [-0.2, 0) is 5.54 Å². The fourth-order valence-electron chi connectivity index (χ4n) is 3.21. The van der Waals surface area contributed by atoms with Crippen LogP contribution < -0.4 is 0 Å². The maximum atomic E-state index is 14.3. The number of hydrogen-bond acceptors (Lipinski definition) is 4. The molecule has 0 saturated heterocycles. The van der Waals surface area contributed by atoms with E-state index in [4.69, 9.17) is 0 Å². The molecule has 0 amide bonds. The zero-order chi connectivity index (χ0) is 15.2. The summed E-state index contributed by atoms with van der Waals surface area (Å²) in [7, 11) is 0. The molecule has 1 aromatic carbocycles. The second-order valence-corrected chi connectivity index (χ2v) is 6.80. The zero-order valence-electron chi connectivity index (χ0n) is 11.8. The highest BCUT2D eigenvalue weighted by atomic mass is 32.2. The van der Waals surface area contributed by atoms with Crippen molar-refractivity contribution in [2.75, 3.05) is 0 Å². The van der Waals surface area contributed by atoms with Crippen LogP contribution >= 0.6 is 11.8 Å². The normalized spacial score (nSPS) is 27.9. The molecule has 4 nitrogen and oxygen atoms in total. The molecule has 2 atom stereocenters. The average molecular weight is 306 g/mol. The summed E-state index contributed by atoms with van der Waals surface area (Å²) in [5.41, 5.74) is -0.551. The molecule has 0 fully saturated rings. The van der Waals surface area contributed by atoms with Gasteiger partial charge in [-0.2, -0.15) is 0 Å². The summed E-state index contributed by atoms with van der Waals surface area (Å²) in [6.07, 6.45) is 4.01. The summed E-state index contributed by atoms with van der Waals surface area (Å²) >= 11 is 1.63. The van der Waals surface area contributed by atoms with Gasteiger partial charge in [0.25, 0.3) is 5.69 Å². The van der Waals surface area contributed by atoms with Gasteiger partial charge in [0.2, 0.25) is 0 Å². The van der Waals surface area contributed by atoms with Gasteiger partial charge in [-0.3, -0.25) is 15.1 Å². The minimum Gasteiger partial charge on any atom is -0.271 e. The van der Waals surface area contributed by atoms with E-state index in [1.165, 1.54) is 23.1 Å². The molecule has 1 heterocycles. The largest absolute Gasteiger partial charge is 0.271 e. The highest BCUT2D eigenvalue weighted by molar-refractivity contribution is 8.17. The molecule has 0 saturated carbocycles. The molecule has 2 aliphatic rings. The van der Waals surface area contributed by atoms with Gasteiger partial charge < -0.3 is 0 Å². The average Bonchev–Trinajstić information content (AvgIpc) is 2.87. The smallest absolute Gasteiger partial charge is 0.270 e. The minimum atomic E-state index is -0.770. The van der Waals surface area contributed by atoms with E-state index in [-0.39, 0.29) is 11.6 Å². The Morgan fingerprint density at radius 1 is 1.52 bits per heavy atom. The summed E-state index contributed by atoms with van der Waals surface area (Å²) in [4.78, 5) is 16.4. The van der Waals surface area contributed by atoms with Crippen molar-refractivity contribution in [1.29, 1.82) is 0 Å². The Balaban J connectivity index is 2.17. The number of thioether (sulfide) groups is 1. The summed E-state index contributed by atoms with van der Waals surface area (Å²) in [6.45, 7) is 3.77. The van der Waals surface area contributed by atoms with Crippen molar-refractivity contribution in [3.05, 3.63) is 50.7 Å². The van der Waals surface area contributed by atoms with Crippen LogP contribution in [0.2, 0.25) is 0 Å². The quantitative estimate of drug-likeness (QED) is 0.601. The molecule has 6 heteroatoms. The number of allylic oxidation sites excluding steroid dienone is 1. The van der Waals surface area contributed by atoms with Gasteiger partial charge in [0.05, 0.1) is 15.5 Å². The molecule has 1 aliphatic heterocycles. The lowest BCUT2D eigenvalue weighted by atomic mass is 9.79. The van der Waals surface area contributed by atoms with Crippen LogP contribution in [0.4, 0.5) is 10.1 Å². The number of rotatable bonds is 2. The number of nitrogens with zero attached hydrogens (tertiary/aromatic N) is 2. The van der Waals surface area contributed by atoms with Crippen molar-refractivity contribution in [2.24, 2.45) is 10.9 Å². The maximum Gasteiger partial charge on any atom is 0.270 e. The number of benzene rings is 1. The standard InChI is InChI=1S/C15H15FN2O2S/c1-9-17-15(2,11-4-3-5-14(11)21-9)12-8-10(18(19)20)6-7-13(12)16/h5-8,11H,3-4H2,1-2H3. The minimum absolute atomic E-state index is 0.0952. The first-order valence-electron chi connectivity index (χ1n) is 6.80. The molecular formula is C15H15FN2O2S. The Hall–Kier alpha value is -1.69. The predicted molar refractivity (Wildman–Crippen MR) is 81.9 cm³/mol. The van der Waals surface area contributed by atoms with Crippen LogP contribution in [0.25, 0.3) is 0 Å². The van der Waals surface area contributed by atoms with E-state index in [0.717, 1.165) is 17.9 Å². The molecule has 1 aliphatic carbocycles. The van der Waals surface area contributed by atoms with E-state index in [2.05, 4.69) is 11.1 Å². The van der Waals surface area contributed by atoms with Gasteiger partial charge in [-0.05, 0) is 37.7 Å². The van der Waals surface area contributed by atoms with Gasteiger partial charge in [-0.25, -0.2) is 4.39 Å². The van der Waals surface area contributed by atoms with Crippen molar-refractivity contribution < 1.29 is 9.31 Å². The van der Waals surface area contributed by atoms with Crippen molar-refractivity contribution in [2.45, 2.75) is 32.2 Å². The predicted octanol–water partition coefficient (Wildman–Crippen LogP) is 4.41. The maximum absolute atomic E-state index is 14.3.